The standard InChI is InChI=1S/C7H15/c1-4-6-7(3)5-2/h5,7H,4,6H2,1-3H3. The van der Waals surface area contributed by atoms with Gasteiger partial charge in [0.2, 0.25) is 0 Å². The van der Waals surface area contributed by atoms with Gasteiger partial charge in [-0.1, -0.05) is 33.6 Å². The largest absolute Gasteiger partial charge is 0.0654 e. The molecule has 0 heterocycles. The molecule has 0 spiro atoms. The average Bonchev–Trinajstić information content (AvgIpc) is 1.68. The lowest BCUT2D eigenvalue weighted by atomic mass is 10.0. The van der Waals surface area contributed by atoms with Gasteiger partial charge in [-0.05, 0) is 12.3 Å². The Hall–Kier alpha value is 0. The Morgan fingerprint density at radius 1 is 1.57 bits per heavy atom. The summed E-state index contributed by atoms with van der Waals surface area (Å²) in [6.07, 6.45) is 4.91. The molecule has 1 atom stereocenters. The summed E-state index contributed by atoms with van der Waals surface area (Å²) in [5.41, 5.74) is 0. The van der Waals surface area contributed by atoms with Gasteiger partial charge in [-0.2, -0.15) is 0 Å². The lowest BCUT2D eigenvalue weighted by Gasteiger charge is -2.02. The molecule has 0 fully saturated rings. The van der Waals surface area contributed by atoms with Crippen molar-refractivity contribution in [1.82, 2.24) is 0 Å². The van der Waals surface area contributed by atoms with Crippen LogP contribution in [0.25, 0.3) is 0 Å². The maximum absolute atomic E-state index is 2.25. The van der Waals surface area contributed by atoms with Crippen LogP contribution < -0.4 is 0 Å². The maximum atomic E-state index is 2.25. The predicted molar refractivity (Wildman–Crippen MR) is 34.0 cm³/mol. The van der Waals surface area contributed by atoms with Gasteiger partial charge in [0.05, 0.1) is 0 Å². The fraction of sp³-hybridized carbons (Fsp3) is 0.857. The van der Waals surface area contributed by atoms with Crippen LogP contribution in [0, 0.1) is 12.3 Å². The van der Waals surface area contributed by atoms with Gasteiger partial charge in [0.1, 0.15) is 0 Å². The molecule has 43 valence electrons. The Morgan fingerprint density at radius 2 is 2.14 bits per heavy atom. The first-order valence-electron chi connectivity index (χ1n) is 3.10. The van der Waals surface area contributed by atoms with E-state index >= 15 is 0 Å². The van der Waals surface area contributed by atoms with Crippen LogP contribution in [0.4, 0.5) is 0 Å². The summed E-state index contributed by atoms with van der Waals surface area (Å²) in [5, 5.41) is 0. The van der Waals surface area contributed by atoms with Gasteiger partial charge in [-0.3, -0.25) is 0 Å². The normalized spacial score (nSPS) is 14.1. The van der Waals surface area contributed by atoms with Crippen molar-refractivity contribution in [3.05, 3.63) is 6.42 Å². The van der Waals surface area contributed by atoms with Crippen molar-refractivity contribution in [2.75, 3.05) is 0 Å². The molecule has 0 saturated carbocycles. The van der Waals surface area contributed by atoms with E-state index in [2.05, 4.69) is 27.2 Å². The van der Waals surface area contributed by atoms with Crippen LogP contribution in [0.15, 0.2) is 0 Å². The molecule has 0 aliphatic carbocycles. The van der Waals surface area contributed by atoms with E-state index in [0.717, 1.165) is 5.92 Å². The van der Waals surface area contributed by atoms with Crippen LogP contribution >= 0.6 is 0 Å². The highest BCUT2D eigenvalue weighted by Crippen LogP contribution is 2.06. The minimum absolute atomic E-state index is 0.824. The SMILES string of the molecule is C[CH]C(C)CCC. The van der Waals surface area contributed by atoms with Gasteiger partial charge in [0.15, 0.2) is 0 Å². The van der Waals surface area contributed by atoms with Gasteiger partial charge in [0, 0.05) is 0 Å². The topological polar surface area (TPSA) is 0 Å². The molecule has 0 aliphatic heterocycles. The minimum Gasteiger partial charge on any atom is -0.0654 e. The van der Waals surface area contributed by atoms with Crippen molar-refractivity contribution in [1.29, 1.82) is 0 Å². The van der Waals surface area contributed by atoms with Crippen LogP contribution in [0.3, 0.4) is 0 Å². The second kappa shape index (κ2) is 4.17. The van der Waals surface area contributed by atoms with E-state index in [4.69, 9.17) is 0 Å². The quantitative estimate of drug-likeness (QED) is 0.510. The van der Waals surface area contributed by atoms with E-state index in [1.165, 1.54) is 12.8 Å². The Labute approximate surface area is 46.9 Å². The van der Waals surface area contributed by atoms with Crippen molar-refractivity contribution < 1.29 is 0 Å². The Bertz CT molecular complexity index is 31.0. The number of hydrogen-bond acceptors (Lipinski definition) is 0. The van der Waals surface area contributed by atoms with Crippen molar-refractivity contribution in [2.24, 2.45) is 5.92 Å². The first-order valence-corrected chi connectivity index (χ1v) is 3.10. The third kappa shape index (κ3) is 3.84. The maximum Gasteiger partial charge on any atom is -0.0389 e. The van der Waals surface area contributed by atoms with Crippen molar-refractivity contribution >= 4 is 0 Å². The molecule has 0 amide bonds. The number of rotatable bonds is 3. The second-order valence-electron chi connectivity index (χ2n) is 2.10. The van der Waals surface area contributed by atoms with E-state index in [-0.39, 0.29) is 0 Å². The molecule has 1 unspecified atom stereocenters. The highest BCUT2D eigenvalue weighted by atomic mass is 14.0. The third-order valence-electron chi connectivity index (χ3n) is 1.31. The van der Waals surface area contributed by atoms with Gasteiger partial charge < -0.3 is 0 Å². The van der Waals surface area contributed by atoms with Crippen LogP contribution in [0.5, 0.6) is 0 Å². The minimum atomic E-state index is 0.824. The molecule has 0 aromatic heterocycles. The van der Waals surface area contributed by atoms with Crippen molar-refractivity contribution in [2.45, 2.75) is 33.6 Å². The molecule has 1 radical (unpaired) electrons. The Kier molecular flexibility index (Phi) is 4.17. The molecule has 7 heavy (non-hydrogen) atoms. The summed E-state index contributed by atoms with van der Waals surface area (Å²) in [6.45, 7) is 6.60. The molecule has 0 N–H and O–H groups in total. The van der Waals surface area contributed by atoms with E-state index in [0.29, 0.717) is 0 Å². The number of hydrogen-bond donors (Lipinski definition) is 0. The average molecular weight is 99.2 g/mol. The smallest absolute Gasteiger partial charge is 0.0389 e. The molecule has 0 aliphatic rings. The van der Waals surface area contributed by atoms with Crippen LogP contribution in [0.1, 0.15) is 33.6 Å². The molecule has 0 heteroatoms. The monoisotopic (exact) mass is 99.1 g/mol. The molecule has 0 aromatic rings. The van der Waals surface area contributed by atoms with E-state index in [1.54, 1.807) is 0 Å². The highest BCUT2D eigenvalue weighted by molar-refractivity contribution is 4.64. The fourth-order valence-corrected chi connectivity index (χ4v) is 0.622. The summed E-state index contributed by atoms with van der Waals surface area (Å²) < 4.78 is 0. The van der Waals surface area contributed by atoms with Crippen molar-refractivity contribution in [3.63, 3.8) is 0 Å². The van der Waals surface area contributed by atoms with Crippen LogP contribution in [-0.4, -0.2) is 0 Å². The lowest BCUT2D eigenvalue weighted by molar-refractivity contribution is 0.596. The zero-order valence-corrected chi connectivity index (χ0v) is 5.57. The molecule has 0 saturated heterocycles. The zero-order chi connectivity index (χ0) is 5.70. The second-order valence-corrected chi connectivity index (χ2v) is 2.10. The molecule has 0 rings (SSSR count). The van der Waals surface area contributed by atoms with Gasteiger partial charge >= 0.3 is 0 Å². The third-order valence-corrected chi connectivity index (χ3v) is 1.31. The van der Waals surface area contributed by atoms with Crippen LogP contribution in [0.2, 0.25) is 0 Å². The summed E-state index contributed by atoms with van der Waals surface area (Å²) in [5.74, 6) is 0.824. The van der Waals surface area contributed by atoms with Gasteiger partial charge in [-0.25, -0.2) is 0 Å². The predicted octanol–water partition coefficient (Wildman–Crippen LogP) is 2.65. The summed E-state index contributed by atoms with van der Waals surface area (Å²) in [7, 11) is 0. The molecule has 0 bridgehead atoms. The van der Waals surface area contributed by atoms with Gasteiger partial charge in [0.25, 0.3) is 0 Å². The fourth-order valence-electron chi connectivity index (χ4n) is 0.622. The van der Waals surface area contributed by atoms with E-state index in [9.17, 15) is 0 Å². The summed E-state index contributed by atoms with van der Waals surface area (Å²) >= 11 is 0. The molecular weight excluding hydrogens is 84.1 g/mol. The summed E-state index contributed by atoms with van der Waals surface area (Å²) in [6, 6.07) is 0. The highest BCUT2D eigenvalue weighted by Gasteiger charge is 1.92. The van der Waals surface area contributed by atoms with Gasteiger partial charge in [-0.15, -0.1) is 0 Å². The summed E-state index contributed by atoms with van der Waals surface area (Å²) in [4.78, 5) is 0. The zero-order valence-electron chi connectivity index (χ0n) is 5.57. The Balaban J connectivity index is 2.83. The van der Waals surface area contributed by atoms with E-state index < -0.39 is 0 Å². The lowest BCUT2D eigenvalue weighted by Crippen LogP contribution is -1.89. The van der Waals surface area contributed by atoms with Crippen LogP contribution in [-0.2, 0) is 0 Å². The van der Waals surface area contributed by atoms with Crippen molar-refractivity contribution in [3.8, 4) is 0 Å². The Morgan fingerprint density at radius 3 is 2.29 bits per heavy atom. The molecular formula is C7H15. The molecule has 0 aromatic carbocycles. The first kappa shape index (κ1) is 7.00. The van der Waals surface area contributed by atoms with E-state index in [1.807, 2.05) is 0 Å². The molecule has 0 nitrogen and oxygen atoms in total. The first-order chi connectivity index (χ1) is 3.31.